The van der Waals surface area contributed by atoms with Crippen LogP contribution in [0.1, 0.15) is 36.0 Å². The van der Waals surface area contributed by atoms with E-state index in [0.717, 1.165) is 49.5 Å². The van der Waals surface area contributed by atoms with Crippen LogP contribution in [0.15, 0.2) is 78.9 Å². The quantitative estimate of drug-likeness (QED) is 0.481. The van der Waals surface area contributed by atoms with Gasteiger partial charge < -0.3 is 10.1 Å². The third-order valence-corrected chi connectivity index (χ3v) is 6.47. The summed E-state index contributed by atoms with van der Waals surface area (Å²) in [7, 11) is 0. The highest BCUT2D eigenvalue weighted by atomic mass is 35.5. The molecule has 1 aliphatic rings. The molecule has 2 unspecified atom stereocenters. The van der Waals surface area contributed by atoms with Crippen LogP contribution in [0.4, 0.5) is 0 Å². The van der Waals surface area contributed by atoms with Gasteiger partial charge in [0, 0.05) is 17.0 Å². The molecule has 1 heterocycles. The highest BCUT2D eigenvalue weighted by Gasteiger charge is 2.43. The summed E-state index contributed by atoms with van der Waals surface area (Å²) in [5.41, 5.74) is 3.83. The second-order valence-electron chi connectivity index (χ2n) is 8.39. The Morgan fingerprint density at radius 3 is 2.63 bits per heavy atom. The van der Waals surface area contributed by atoms with Crippen molar-refractivity contribution in [3.05, 3.63) is 101 Å². The van der Waals surface area contributed by atoms with Crippen LogP contribution in [-0.4, -0.2) is 19.2 Å². The number of ether oxygens (including phenoxy) is 1. The van der Waals surface area contributed by atoms with Gasteiger partial charge in [0.05, 0.1) is 0 Å². The average molecular weight is 420 g/mol. The zero-order chi connectivity index (χ0) is 20.8. The summed E-state index contributed by atoms with van der Waals surface area (Å²) in [6.07, 6.45) is 4.31. The van der Waals surface area contributed by atoms with Crippen LogP contribution in [-0.2, 0) is 11.8 Å². The Balaban J connectivity index is 1.59. The number of piperidine rings is 1. The molecule has 1 aliphatic heterocycles. The third kappa shape index (κ3) is 4.88. The molecule has 1 saturated heterocycles. The number of halogens is 1. The molecule has 0 radical (unpaired) electrons. The van der Waals surface area contributed by atoms with Crippen LogP contribution in [0.2, 0.25) is 5.02 Å². The van der Waals surface area contributed by atoms with E-state index in [-0.39, 0.29) is 11.5 Å². The van der Waals surface area contributed by atoms with E-state index in [1.54, 1.807) is 0 Å². The Morgan fingerprint density at radius 2 is 1.83 bits per heavy atom. The van der Waals surface area contributed by atoms with Gasteiger partial charge in [0.15, 0.2) is 0 Å². The first-order valence-electron chi connectivity index (χ1n) is 10.9. The van der Waals surface area contributed by atoms with Crippen molar-refractivity contribution >= 4 is 11.6 Å². The Hall–Kier alpha value is -2.29. The molecule has 1 fully saturated rings. The van der Waals surface area contributed by atoms with Crippen molar-refractivity contribution in [2.24, 2.45) is 0 Å². The Labute approximate surface area is 185 Å². The Morgan fingerprint density at radius 1 is 1.00 bits per heavy atom. The second-order valence-corrected chi connectivity index (χ2v) is 8.83. The summed E-state index contributed by atoms with van der Waals surface area (Å²) in [6.45, 7) is 4.03. The molecule has 1 N–H and O–H groups in total. The zero-order valence-corrected chi connectivity index (χ0v) is 18.4. The maximum atomic E-state index is 6.67. The molecule has 4 rings (SSSR count). The highest BCUT2D eigenvalue weighted by Crippen LogP contribution is 2.39. The van der Waals surface area contributed by atoms with Crippen LogP contribution in [0.5, 0.6) is 5.75 Å². The highest BCUT2D eigenvalue weighted by molar-refractivity contribution is 6.30. The average Bonchev–Trinajstić information content (AvgIpc) is 2.76. The number of nitrogens with one attached hydrogen (secondary N) is 1. The van der Waals surface area contributed by atoms with Gasteiger partial charge in [-0.15, -0.1) is 0 Å². The molecule has 30 heavy (non-hydrogen) atoms. The lowest BCUT2D eigenvalue weighted by atomic mass is 9.69. The first-order chi connectivity index (χ1) is 14.7. The van der Waals surface area contributed by atoms with E-state index in [4.69, 9.17) is 16.3 Å². The number of rotatable bonds is 7. The van der Waals surface area contributed by atoms with Crippen molar-refractivity contribution in [2.45, 2.75) is 44.1 Å². The van der Waals surface area contributed by atoms with E-state index >= 15 is 0 Å². The summed E-state index contributed by atoms with van der Waals surface area (Å²) in [5, 5.41) is 4.47. The van der Waals surface area contributed by atoms with E-state index in [1.165, 1.54) is 16.7 Å². The van der Waals surface area contributed by atoms with Gasteiger partial charge in [-0.1, -0.05) is 66.2 Å². The van der Waals surface area contributed by atoms with E-state index in [0.29, 0.717) is 0 Å². The van der Waals surface area contributed by atoms with Crippen molar-refractivity contribution in [1.82, 2.24) is 5.32 Å². The molecule has 0 aromatic heterocycles. The minimum absolute atomic E-state index is 0.0537. The van der Waals surface area contributed by atoms with E-state index in [1.807, 2.05) is 12.1 Å². The molecule has 0 aliphatic carbocycles. The fraction of sp³-hybridized carbons (Fsp3) is 0.333. The smallest absolute Gasteiger partial charge is 0.120 e. The van der Waals surface area contributed by atoms with Crippen LogP contribution >= 0.6 is 11.6 Å². The van der Waals surface area contributed by atoms with Crippen molar-refractivity contribution in [2.75, 3.05) is 13.1 Å². The lowest BCUT2D eigenvalue weighted by Crippen LogP contribution is -2.55. The van der Waals surface area contributed by atoms with Gasteiger partial charge in [-0.05, 0) is 80.1 Å². The fourth-order valence-corrected chi connectivity index (χ4v) is 4.92. The number of benzene rings is 3. The van der Waals surface area contributed by atoms with Crippen LogP contribution < -0.4 is 10.1 Å². The van der Waals surface area contributed by atoms with E-state index in [9.17, 15) is 0 Å². The largest absolute Gasteiger partial charge is 0.489 e. The summed E-state index contributed by atoms with van der Waals surface area (Å²) >= 11 is 6.19. The number of aryl methyl sites for hydroxylation is 2. The van der Waals surface area contributed by atoms with Gasteiger partial charge in [0.2, 0.25) is 0 Å². The molecule has 156 valence electrons. The summed E-state index contributed by atoms with van der Waals surface area (Å²) < 4.78 is 6.67. The zero-order valence-electron chi connectivity index (χ0n) is 17.6. The third-order valence-electron chi connectivity index (χ3n) is 6.23. The maximum Gasteiger partial charge on any atom is 0.120 e. The molecule has 3 aromatic carbocycles. The molecule has 0 saturated carbocycles. The summed E-state index contributed by atoms with van der Waals surface area (Å²) in [6, 6.07) is 27.5. The summed E-state index contributed by atoms with van der Waals surface area (Å²) in [4.78, 5) is 0. The monoisotopic (exact) mass is 419 g/mol. The first kappa shape index (κ1) is 21.0. The van der Waals surface area contributed by atoms with E-state index in [2.05, 4.69) is 79.0 Å². The SMILES string of the molecule is Cc1cccc(OC2CCNCC2(CCCc2cccc(Cl)c2)c2ccccc2)c1. The molecule has 3 aromatic rings. The van der Waals surface area contributed by atoms with Gasteiger partial charge >= 0.3 is 0 Å². The second kappa shape index (κ2) is 9.68. The van der Waals surface area contributed by atoms with Crippen LogP contribution in [0.25, 0.3) is 0 Å². The number of hydrogen-bond donors (Lipinski definition) is 1. The minimum atomic E-state index is -0.0537. The van der Waals surface area contributed by atoms with Gasteiger partial charge in [0.25, 0.3) is 0 Å². The Bertz CT molecular complexity index is 958. The van der Waals surface area contributed by atoms with E-state index < -0.39 is 0 Å². The van der Waals surface area contributed by atoms with Crippen molar-refractivity contribution < 1.29 is 4.74 Å². The van der Waals surface area contributed by atoms with Crippen molar-refractivity contribution in [1.29, 1.82) is 0 Å². The lowest BCUT2D eigenvalue weighted by molar-refractivity contribution is 0.0659. The molecule has 2 nitrogen and oxygen atoms in total. The maximum absolute atomic E-state index is 6.67. The molecular weight excluding hydrogens is 390 g/mol. The molecule has 2 atom stereocenters. The lowest BCUT2D eigenvalue weighted by Gasteiger charge is -2.45. The molecule has 3 heteroatoms. The fourth-order valence-electron chi connectivity index (χ4n) is 4.71. The first-order valence-corrected chi connectivity index (χ1v) is 11.3. The van der Waals surface area contributed by atoms with Crippen LogP contribution in [0.3, 0.4) is 0 Å². The Kier molecular flexibility index (Phi) is 6.76. The topological polar surface area (TPSA) is 21.3 Å². The van der Waals surface area contributed by atoms with Gasteiger partial charge in [-0.3, -0.25) is 0 Å². The molecule has 0 amide bonds. The molecular formula is C27H30ClNO. The predicted molar refractivity (Wildman–Crippen MR) is 126 cm³/mol. The minimum Gasteiger partial charge on any atom is -0.489 e. The van der Waals surface area contributed by atoms with Crippen molar-refractivity contribution in [3.63, 3.8) is 0 Å². The van der Waals surface area contributed by atoms with Crippen LogP contribution in [0, 0.1) is 6.92 Å². The van der Waals surface area contributed by atoms with Gasteiger partial charge in [0.1, 0.15) is 11.9 Å². The van der Waals surface area contributed by atoms with Gasteiger partial charge in [-0.25, -0.2) is 0 Å². The predicted octanol–water partition coefficient (Wildman–Crippen LogP) is 6.35. The molecule has 0 bridgehead atoms. The standard InChI is InChI=1S/C27H30ClNO/c1-21-8-5-14-25(18-21)30-26-15-17-29-20-27(26,23-11-3-2-4-12-23)16-7-10-22-9-6-13-24(28)19-22/h2-6,8-9,11-14,18-19,26,29H,7,10,15-17,20H2,1H3. The molecule has 0 spiro atoms. The van der Waals surface area contributed by atoms with Crippen molar-refractivity contribution in [3.8, 4) is 5.75 Å². The number of hydrogen-bond acceptors (Lipinski definition) is 2. The van der Waals surface area contributed by atoms with Gasteiger partial charge in [-0.2, -0.15) is 0 Å². The summed E-state index contributed by atoms with van der Waals surface area (Å²) in [5.74, 6) is 0.969. The normalized spacial score (nSPS) is 21.3.